The Balaban J connectivity index is 1.71. The maximum atomic E-state index is 11.9. The summed E-state index contributed by atoms with van der Waals surface area (Å²) >= 11 is 0. The first-order valence-electron chi connectivity index (χ1n) is 8.45. The highest BCUT2D eigenvalue weighted by Gasteiger charge is 2.38. The molecule has 25 heavy (non-hydrogen) atoms. The van der Waals surface area contributed by atoms with Crippen molar-refractivity contribution in [1.82, 2.24) is 5.32 Å². The van der Waals surface area contributed by atoms with Gasteiger partial charge in [-0.25, -0.2) is 4.79 Å². The van der Waals surface area contributed by atoms with Gasteiger partial charge in [-0.15, -0.1) is 0 Å². The zero-order valence-corrected chi connectivity index (χ0v) is 14.5. The van der Waals surface area contributed by atoms with Crippen LogP contribution in [-0.2, 0) is 19.1 Å². The van der Waals surface area contributed by atoms with E-state index in [4.69, 9.17) is 9.47 Å². The highest BCUT2D eigenvalue weighted by Crippen LogP contribution is 2.37. The number of hydrogen-bond donors (Lipinski definition) is 2. The summed E-state index contributed by atoms with van der Waals surface area (Å²) in [5.74, 6) is 0.392. The van der Waals surface area contributed by atoms with Crippen molar-refractivity contribution in [1.29, 1.82) is 0 Å². The number of nitrogens with one attached hydrogen (secondary N) is 2. The van der Waals surface area contributed by atoms with Gasteiger partial charge in [-0.2, -0.15) is 0 Å². The summed E-state index contributed by atoms with van der Waals surface area (Å²) in [6.07, 6.45) is 1.12. The second-order valence-corrected chi connectivity index (χ2v) is 6.03. The van der Waals surface area contributed by atoms with Crippen molar-refractivity contribution in [3.8, 4) is 5.75 Å². The summed E-state index contributed by atoms with van der Waals surface area (Å²) in [6, 6.07) is 6.75. The van der Waals surface area contributed by atoms with Gasteiger partial charge < -0.3 is 20.1 Å². The second kappa shape index (κ2) is 9.05. The predicted molar refractivity (Wildman–Crippen MR) is 92.1 cm³/mol. The molecule has 1 aromatic carbocycles. The summed E-state index contributed by atoms with van der Waals surface area (Å²) in [6.45, 7) is 4.19. The van der Waals surface area contributed by atoms with E-state index in [1.54, 1.807) is 31.2 Å². The van der Waals surface area contributed by atoms with Crippen LogP contribution in [0, 0.1) is 11.8 Å². The number of rotatable bonds is 9. The molecule has 1 fully saturated rings. The first kappa shape index (κ1) is 18.8. The normalized spacial score (nSPS) is 18.2. The molecule has 7 nitrogen and oxygen atoms in total. The van der Waals surface area contributed by atoms with Gasteiger partial charge in [0.05, 0.1) is 6.61 Å². The van der Waals surface area contributed by atoms with Gasteiger partial charge in [0.1, 0.15) is 5.75 Å². The average molecular weight is 348 g/mol. The smallest absolute Gasteiger partial charge is 0.344 e. The summed E-state index contributed by atoms with van der Waals surface area (Å²) in [5, 5.41) is 5.51. The lowest BCUT2D eigenvalue weighted by Gasteiger charge is -2.09. The van der Waals surface area contributed by atoms with E-state index in [9.17, 15) is 14.4 Å². The maximum absolute atomic E-state index is 11.9. The molecule has 1 aromatic rings. The van der Waals surface area contributed by atoms with Crippen molar-refractivity contribution in [2.45, 2.75) is 26.7 Å². The third kappa shape index (κ3) is 6.45. The fraction of sp³-hybridized carbons (Fsp3) is 0.500. The fourth-order valence-electron chi connectivity index (χ4n) is 2.35. The van der Waals surface area contributed by atoms with Crippen LogP contribution >= 0.6 is 0 Å². The van der Waals surface area contributed by atoms with Crippen LogP contribution in [0.25, 0.3) is 0 Å². The molecule has 2 rings (SSSR count). The first-order valence-corrected chi connectivity index (χ1v) is 8.45. The Morgan fingerprint density at radius 1 is 1.28 bits per heavy atom. The molecule has 0 bridgehead atoms. The van der Waals surface area contributed by atoms with E-state index in [0.717, 1.165) is 6.42 Å². The van der Waals surface area contributed by atoms with E-state index in [1.165, 1.54) is 0 Å². The van der Waals surface area contributed by atoms with Crippen LogP contribution in [0.3, 0.4) is 0 Å². The molecule has 1 aliphatic rings. The number of amides is 2. The van der Waals surface area contributed by atoms with E-state index in [2.05, 4.69) is 10.6 Å². The van der Waals surface area contributed by atoms with E-state index in [0.29, 0.717) is 30.5 Å². The topological polar surface area (TPSA) is 93.7 Å². The lowest BCUT2D eigenvalue weighted by molar-refractivity contribution is -0.145. The number of esters is 1. The fourth-order valence-corrected chi connectivity index (χ4v) is 2.35. The van der Waals surface area contributed by atoms with Crippen molar-refractivity contribution in [3.05, 3.63) is 24.3 Å². The Bertz CT molecular complexity index is 632. The molecule has 2 amide bonds. The molecule has 1 aliphatic carbocycles. The second-order valence-electron chi connectivity index (χ2n) is 6.03. The van der Waals surface area contributed by atoms with Gasteiger partial charge in [0.2, 0.25) is 11.8 Å². The molecule has 7 heteroatoms. The molecule has 2 atom stereocenters. The minimum atomic E-state index is -0.447. The summed E-state index contributed by atoms with van der Waals surface area (Å²) in [5.41, 5.74) is 0.563. The first-order chi connectivity index (χ1) is 12.0. The Morgan fingerprint density at radius 3 is 2.72 bits per heavy atom. The number of carbonyl (C=O) groups is 3. The molecule has 0 unspecified atom stereocenters. The minimum Gasteiger partial charge on any atom is -0.482 e. The summed E-state index contributed by atoms with van der Waals surface area (Å²) in [4.78, 5) is 34.9. The Morgan fingerprint density at radius 2 is 2.04 bits per heavy atom. The van der Waals surface area contributed by atoms with Gasteiger partial charge in [-0.3, -0.25) is 9.59 Å². The lowest BCUT2D eigenvalue weighted by atomic mass is 10.2. The van der Waals surface area contributed by atoms with Crippen LogP contribution in [0.1, 0.15) is 26.7 Å². The Kier molecular flexibility index (Phi) is 6.80. The van der Waals surface area contributed by atoms with Crippen LogP contribution < -0.4 is 15.4 Å². The number of anilines is 1. The van der Waals surface area contributed by atoms with E-state index >= 15 is 0 Å². The summed E-state index contributed by atoms with van der Waals surface area (Å²) in [7, 11) is 0. The van der Waals surface area contributed by atoms with Crippen LogP contribution in [0.15, 0.2) is 24.3 Å². The SMILES string of the molecule is CCOC(=O)COc1cccc(NC(=O)CCNC(=O)[C@@H]2C[C@@H]2C)c1. The molecule has 0 aliphatic heterocycles. The van der Waals surface area contributed by atoms with Crippen molar-refractivity contribution < 1.29 is 23.9 Å². The van der Waals surface area contributed by atoms with E-state index in [1.807, 2.05) is 6.92 Å². The van der Waals surface area contributed by atoms with Crippen molar-refractivity contribution >= 4 is 23.5 Å². The third-order valence-electron chi connectivity index (χ3n) is 3.88. The molecular formula is C18H24N2O5. The van der Waals surface area contributed by atoms with Crippen LogP contribution in [0.5, 0.6) is 5.75 Å². The van der Waals surface area contributed by atoms with Gasteiger partial charge in [0.15, 0.2) is 6.61 Å². The molecule has 0 spiro atoms. The van der Waals surface area contributed by atoms with Crippen molar-refractivity contribution in [3.63, 3.8) is 0 Å². The molecule has 136 valence electrons. The standard InChI is InChI=1S/C18H24N2O5/c1-3-24-17(22)11-25-14-6-4-5-13(10-14)20-16(21)7-8-19-18(23)15-9-12(15)2/h4-6,10,12,15H,3,7-9,11H2,1-2H3,(H,19,23)(H,20,21)/t12-,15+/m0/s1. The zero-order chi connectivity index (χ0) is 18.2. The number of ether oxygens (including phenoxy) is 2. The number of benzene rings is 1. The molecule has 0 heterocycles. The van der Waals surface area contributed by atoms with E-state index < -0.39 is 5.97 Å². The maximum Gasteiger partial charge on any atom is 0.344 e. The Labute approximate surface area is 147 Å². The average Bonchev–Trinajstić information content (AvgIpc) is 3.30. The van der Waals surface area contributed by atoms with Gasteiger partial charge in [0, 0.05) is 30.6 Å². The molecule has 2 N–H and O–H groups in total. The van der Waals surface area contributed by atoms with Gasteiger partial charge in [-0.05, 0) is 31.4 Å². The van der Waals surface area contributed by atoms with Crippen LogP contribution in [0.4, 0.5) is 5.69 Å². The monoisotopic (exact) mass is 348 g/mol. The van der Waals surface area contributed by atoms with Crippen molar-refractivity contribution in [2.75, 3.05) is 25.1 Å². The minimum absolute atomic E-state index is 0.0228. The highest BCUT2D eigenvalue weighted by atomic mass is 16.6. The van der Waals surface area contributed by atoms with Crippen molar-refractivity contribution in [2.24, 2.45) is 11.8 Å². The molecule has 1 saturated carbocycles. The molecular weight excluding hydrogens is 324 g/mol. The number of hydrogen-bond acceptors (Lipinski definition) is 5. The van der Waals surface area contributed by atoms with Crippen LogP contribution in [0.2, 0.25) is 0 Å². The lowest BCUT2D eigenvalue weighted by Crippen LogP contribution is -2.29. The molecule has 0 aromatic heterocycles. The predicted octanol–water partition coefficient (Wildman–Crippen LogP) is 1.73. The third-order valence-corrected chi connectivity index (χ3v) is 3.88. The molecule has 0 radical (unpaired) electrons. The molecule has 0 saturated heterocycles. The van der Waals surface area contributed by atoms with E-state index in [-0.39, 0.29) is 30.8 Å². The van der Waals surface area contributed by atoms with Crippen LogP contribution in [-0.4, -0.2) is 37.5 Å². The van der Waals surface area contributed by atoms with Gasteiger partial charge >= 0.3 is 5.97 Å². The quantitative estimate of drug-likeness (QED) is 0.663. The highest BCUT2D eigenvalue weighted by molar-refractivity contribution is 5.91. The summed E-state index contributed by atoms with van der Waals surface area (Å²) < 4.78 is 10.1. The van der Waals surface area contributed by atoms with Gasteiger partial charge in [-0.1, -0.05) is 13.0 Å². The van der Waals surface area contributed by atoms with Gasteiger partial charge in [0.25, 0.3) is 0 Å². The largest absolute Gasteiger partial charge is 0.482 e. The zero-order valence-electron chi connectivity index (χ0n) is 14.5. The Hall–Kier alpha value is -2.57. The number of carbonyl (C=O) groups excluding carboxylic acids is 3.